The van der Waals surface area contributed by atoms with Gasteiger partial charge in [-0.05, 0) is 19.4 Å². The molecule has 2 nitrogen and oxygen atoms in total. The van der Waals surface area contributed by atoms with Crippen molar-refractivity contribution in [3.05, 3.63) is 12.2 Å². The Bertz CT molecular complexity index is 150. The Morgan fingerprint density at radius 2 is 2.17 bits per heavy atom. The quantitative estimate of drug-likeness (QED) is 0.468. The highest BCUT2D eigenvalue weighted by molar-refractivity contribution is 5.69. The first kappa shape index (κ1) is 11.2. The van der Waals surface area contributed by atoms with Crippen molar-refractivity contribution >= 4 is 5.97 Å². The number of carbonyl (C=O) groups is 1. The number of unbranched alkanes of at least 4 members (excludes halogenated alkanes) is 1. The minimum Gasteiger partial charge on any atom is -0.458 e. The highest BCUT2D eigenvalue weighted by Crippen LogP contribution is 1.98. The molecule has 2 heteroatoms. The molecule has 0 aliphatic rings. The molecule has 0 aromatic carbocycles. The van der Waals surface area contributed by atoms with Gasteiger partial charge in [-0.3, -0.25) is 4.79 Å². The van der Waals surface area contributed by atoms with E-state index in [0.717, 1.165) is 12.8 Å². The number of carbonyl (C=O) groups excluding carboxylic acids is 1. The first-order chi connectivity index (χ1) is 5.70. The molecule has 0 saturated carbocycles. The summed E-state index contributed by atoms with van der Waals surface area (Å²) >= 11 is 0. The Hall–Kier alpha value is -0.790. The zero-order chi connectivity index (χ0) is 9.40. The van der Waals surface area contributed by atoms with Crippen LogP contribution in [0.4, 0.5) is 0 Å². The minimum atomic E-state index is -0.136. The molecular formula is C10H18O2. The Morgan fingerprint density at radius 1 is 1.50 bits per heavy atom. The third kappa shape index (κ3) is 5.96. The monoisotopic (exact) mass is 170 g/mol. The summed E-state index contributed by atoms with van der Waals surface area (Å²) in [6.07, 6.45) is 6.53. The molecule has 0 heterocycles. The summed E-state index contributed by atoms with van der Waals surface area (Å²) in [7, 11) is 0. The van der Waals surface area contributed by atoms with Gasteiger partial charge in [0.15, 0.2) is 0 Å². The number of ether oxygens (including phenoxy) is 1. The first-order valence-corrected chi connectivity index (χ1v) is 4.56. The SMILES string of the molecule is CCC/C=C/C(C)OC(=O)CC. The molecule has 1 unspecified atom stereocenters. The number of hydrogen-bond donors (Lipinski definition) is 0. The van der Waals surface area contributed by atoms with Gasteiger partial charge in [-0.25, -0.2) is 0 Å². The van der Waals surface area contributed by atoms with Crippen LogP contribution in [0.2, 0.25) is 0 Å². The van der Waals surface area contributed by atoms with Crippen LogP contribution in [-0.4, -0.2) is 12.1 Å². The third-order valence-corrected chi connectivity index (χ3v) is 1.47. The van der Waals surface area contributed by atoms with E-state index in [4.69, 9.17) is 4.74 Å². The lowest BCUT2D eigenvalue weighted by Crippen LogP contribution is -2.11. The lowest BCUT2D eigenvalue weighted by atomic mass is 10.3. The fourth-order valence-electron chi connectivity index (χ4n) is 0.784. The van der Waals surface area contributed by atoms with Crippen LogP contribution >= 0.6 is 0 Å². The summed E-state index contributed by atoms with van der Waals surface area (Å²) in [4.78, 5) is 10.8. The number of allylic oxidation sites excluding steroid dienone is 1. The van der Waals surface area contributed by atoms with Gasteiger partial charge in [0.25, 0.3) is 0 Å². The topological polar surface area (TPSA) is 26.3 Å². The van der Waals surface area contributed by atoms with E-state index in [1.807, 2.05) is 19.1 Å². The van der Waals surface area contributed by atoms with Gasteiger partial charge in [-0.1, -0.05) is 26.3 Å². The second kappa shape index (κ2) is 6.89. The van der Waals surface area contributed by atoms with Crippen LogP contribution < -0.4 is 0 Å². The van der Waals surface area contributed by atoms with Gasteiger partial charge in [0, 0.05) is 6.42 Å². The van der Waals surface area contributed by atoms with E-state index in [0.29, 0.717) is 6.42 Å². The summed E-state index contributed by atoms with van der Waals surface area (Å²) in [5.74, 6) is -0.136. The van der Waals surface area contributed by atoms with E-state index in [2.05, 4.69) is 6.92 Å². The maximum atomic E-state index is 10.8. The average molecular weight is 170 g/mol. The molecule has 0 aromatic rings. The average Bonchev–Trinajstić information content (AvgIpc) is 2.05. The lowest BCUT2D eigenvalue weighted by Gasteiger charge is -2.06. The van der Waals surface area contributed by atoms with Gasteiger partial charge < -0.3 is 4.74 Å². The predicted octanol–water partition coefficient (Wildman–Crippen LogP) is 2.68. The first-order valence-electron chi connectivity index (χ1n) is 4.56. The summed E-state index contributed by atoms with van der Waals surface area (Å²) < 4.78 is 5.02. The lowest BCUT2D eigenvalue weighted by molar-refractivity contribution is -0.145. The molecule has 0 aliphatic carbocycles. The van der Waals surface area contributed by atoms with Crippen molar-refractivity contribution in [1.82, 2.24) is 0 Å². The van der Waals surface area contributed by atoms with E-state index in [9.17, 15) is 4.79 Å². The van der Waals surface area contributed by atoms with Crippen molar-refractivity contribution in [3.8, 4) is 0 Å². The van der Waals surface area contributed by atoms with E-state index < -0.39 is 0 Å². The van der Waals surface area contributed by atoms with Gasteiger partial charge in [0.05, 0.1) is 0 Å². The smallest absolute Gasteiger partial charge is 0.306 e. The molecule has 0 fully saturated rings. The second-order valence-corrected chi connectivity index (χ2v) is 2.77. The van der Waals surface area contributed by atoms with Crippen molar-refractivity contribution in [2.45, 2.75) is 46.1 Å². The van der Waals surface area contributed by atoms with Gasteiger partial charge in [-0.2, -0.15) is 0 Å². The van der Waals surface area contributed by atoms with Gasteiger partial charge in [0.1, 0.15) is 6.10 Å². The second-order valence-electron chi connectivity index (χ2n) is 2.77. The number of hydrogen-bond acceptors (Lipinski definition) is 2. The maximum Gasteiger partial charge on any atom is 0.306 e. The number of rotatable bonds is 5. The highest BCUT2D eigenvalue weighted by Gasteiger charge is 2.02. The molecule has 0 bridgehead atoms. The molecule has 1 atom stereocenters. The molecule has 0 spiro atoms. The van der Waals surface area contributed by atoms with Crippen LogP contribution in [0.5, 0.6) is 0 Å². The van der Waals surface area contributed by atoms with Gasteiger partial charge >= 0.3 is 5.97 Å². The summed E-state index contributed by atoms with van der Waals surface area (Å²) in [6.45, 7) is 5.79. The van der Waals surface area contributed by atoms with Crippen molar-refractivity contribution in [2.24, 2.45) is 0 Å². The van der Waals surface area contributed by atoms with Crippen LogP contribution in [0.25, 0.3) is 0 Å². The number of esters is 1. The molecular weight excluding hydrogens is 152 g/mol. The zero-order valence-corrected chi connectivity index (χ0v) is 8.17. The Balaban J connectivity index is 3.58. The van der Waals surface area contributed by atoms with E-state index >= 15 is 0 Å². The van der Waals surface area contributed by atoms with Crippen molar-refractivity contribution in [3.63, 3.8) is 0 Å². The molecule has 0 aliphatic heterocycles. The Morgan fingerprint density at radius 3 is 2.67 bits per heavy atom. The highest BCUT2D eigenvalue weighted by atomic mass is 16.5. The van der Waals surface area contributed by atoms with Crippen molar-refractivity contribution < 1.29 is 9.53 Å². The molecule has 0 radical (unpaired) electrons. The van der Waals surface area contributed by atoms with Crippen LogP contribution in [0.1, 0.15) is 40.0 Å². The van der Waals surface area contributed by atoms with Crippen LogP contribution in [0.3, 0.4) is 0 Å². The van der Waals surface area contributed by atoms with Crippen molar-refractivity contribution in [2.75, 3.05) is 0 Å². The Kier molecular flexibility index (Phi) is 6.44. The third-order valence-electron chi connectivity index (χ3n) is 1.47. The molecule has 0 aromatic heterocycles. The van der Waals surface area contributed by atoms with Crippen LogP contribution in [-0.2, 0) is 9.53 Å². The zero-order valence-electron chi connectivity index (χ0n) is 8.17. The summed E-state index contributed by atoms with van der Waals surface area (Å²) in [6, 6.07) is 0. The molecule has 0 amide bonds. The fraction of sp³-hybridized carbons (Fsp3) is 0.700. The fourth-order valence-corrected chi connectivity index (χ4v) is 0.784. The van der Waals surface area contributed by atoms with Crippen molar-refractivity contribution in [1.29, 1.82) is 0 Å². The van der Waals surface area contributed by atoms with E-state index in [1.165, 1.54) is 0 Å². The minimum absolute atomic E-state index is 0.0796. The molecule has 12 heavy (non-hydrogen) atoms. The van der Waals surface area contributed by atoms with E-state index in [-0.39, 0.29) is 12.1 Å². The summed E-state index contributed by atoms with van der Waals surface area (Å²) in [5, 5.41) is 0. The summed E-state index contributed by atoms with van der Waals surface area (Å²) in [5.41, 5.74) is 0. The van der Waals surface area contributed by atoms with Gasteiger partial charge in [-0.15, -0.1) is 0 Å². The molecule has 0 N–H and O–H groups in total. The standard InChI is InChI=1S/C10H18O2/c1-4-6-7-8-9(3)12-10(11)5-2/h7-9H,4-6H2,1-3H3/b8-7+. The molecule has 70 valence electrons. The Labute approximate surface area is 74.6 Å². The van der Waals surface area contributed by atoms with E-state index in [1.54, 1.807) is 6.92 Å². The molecule has 0 saturated heterocycles. The van der Waals surface area contributed by atoms with Crippen LogP contribution in [0.15, 0.2) is 12.2 Å². The maximum absolute atomic E-state index is 10.8. The largest absolute Gasteiger partial charge is 0.458 e. The molecule has 0 rings (SSSR count). The van der Waals surface area contributed by atoms with Crippen LogP contribution in [0, 0.1) is 0 Å². The van der Waals surface area contributed by atoms with Gasteiger partial charge in [0.2, 0.25) is 0 Å². The normalized spacial score (nSPS) is 13.2. The predicted molar refractivity (Wildman–Crippen MR) is 49.9 cm³/mol.